The second-order valence-electron chi connectivity index (χ2n) is 8.29. The average Bonchev–Trinajstić information content (AvgIpc) is 3.21. The summed E-state index contributed by atoms with van der Waals surface area (Å²) in [5, 5.41) is 0. The molecule has 0 saturated carbocycles. The number of carbonyl (C=O) groups is 1. The highest BCUT2D eigenvalue weighted by Gasteiger charge is 2.32. The van der Waals surface area contributed by atoms with Crippen molar-refractivity contribution in [2.24, 2.45) is 0 Å². The number of benzene rings is 4. The quantitative estimate of drug-likeness (QED) is 0.356. The number of ether oxygens (including phenoxy) is 1. The minimum Gasteiger partial charge on any atom is -0.447 e. The highest BCUT2D eigenvalue weighted by Crippen LogP contribution is 2.44. The molecule has 33 heavy (non-hydrogen) atoms. The third-order valence-corrected chi connectivity index (χ3v) is 6.33. The predicted octanol–water partition coefficient (Wildman–Crippen LogP) is 6.42. The molecule has 0 atom stereocenters. The lowest BCUT2D eigenvalue weighted by molar-refractivity contribution is -0.0683. The first-order valence-corrected chi connectivity index (χ1v) is 11.1. The highest BCUT2D eigenvalue weighted by atomic mass is 16.7. The van der Waals surface area contributed by atoms with Crippen LogP contribution in [0.3, 0.4) is 0 Å². The molecule has 4 aromatic carbocycles. The van der Waals surface area contributed by atoms with E-state index in [2.05, 4.69) is 29.7 Å². The fourth-order valence-electron chi connectivity index (χ4n) is 4.57. The largest absolute Gasteiger partial charge is 0.447 e. The van der Waals surface area contributed by atoms with Gasteiger partial charge < -0.3 is 4.74 Å². The zero-order valence-electron chi connectivity index (χ0n) is 18.4. The molecule has 0 unspecified atom stereocenters. The van der Waals surface area contributed by atoms with Gasteiger partial charge in [0.2, 0.25) is 0 Å². The molecule has 0 aromatic heterocycles. The normalized spacial score (nSPS) is 12.6. The minimum atomic E-state index is -0.867. The van der Waals surface area contributed by atoms with Crippen molar-refractivity contribution in [3.05, 3.63) is 131 Å². The molecule has 1 N–H and O–H groups in total. The zero-order chi connectivity index (χ0) is 22.7. The molecule has 4 aromatic rings. The van der Waals surface area contributed by atoms with E-state index < -0.39 is 11.7 Å². The Morgan fingerprint density at radius 3 is 1.70 bits per heavy atom. The maximum Gasteiger partial charge on any atom is 0.431 e. The monoisotopic (exact) mass is 435 g/mol. The zero-order valence-corrected chi connectivity index (χ0v) is 18.4. The van der Waals surface area contributed by atoms with Gasteiger partial charge in [-0.1, -0.05) is 109 Å². The van der Waals surface area contributed by atoms with Crippen LogP contribution in [0.1, 0.15) is 35.1 Å². The molecule has 0 fully saturated rings. The van der Waals surface area contributed by atoms with Gasteiger partial charge in [-0.3, -0.25) is 4.84 Å². The summed E-state index contributed by atoms with van der Waals surface area (Å²) in [5.41, 5.74) is 8.25. The molecule has 0 spiro atoms. The van der Waals surface area contributed by atoms with E-state index in [-0.39, 0.29) is 12.5 Å². The average molecular weight is 436 g/mol. The van der Waals surface area contributed by atoms with Crippen molar-refractivity contribution in [1.29, 1.82) is 0 Å². The van der Waals surface area contributed by atoms with Crippen LogP contribution in [0.25, 0.3) is 11.1 Å². The smallest absolute Gasteiger partial charge is 0.431 e. The Morgan fingerprint density at radius 2 is 1.18 bits per heavy atom. The molecule has 0 aliphatic heterocycles. The van der Waals surface area contributed by atoms with Crippen LogP contribution in [0, 0.1) is 0 Å². The maximum absolute atomic E-state index is 12.7. The second-order valence-corrected chi connectivity index (χ2v) is 8.29. The Bertz CT molecular complexity index is 1170. The molecule has 0 bridgehead atoms. The van der Waals surface area contributed by atoms with Crippen LogP contribution in [0.4, 0.5) is 4.79 Å². The Morgan fingerprint density at radius 1 is 0.727 bits per heavy atom. The molecule has 1 aliphatic carbocycles. The van der Waals surface area contributed by atoms with E-state index in [1.54, 1.807) is 0 Å². The van der Waals surface area contributed by atoms with Gasteiger partial charge in [0.25, 0.3) is 0 Å². The lowest BCUT2D eigenvalue weighted by Gasteiger charge is -2.30. The first-order valence-electron chi connectivity index (χ1n) is 11.1. The van der Waals surface area contributed by atoms with Crippen LogP contribution in [-0.2, 0) is 15.2 Å². The van der Waals surface area contributed by atoms with Crippen LogP contribution < -0.4 is 5.48 Å². The molecule has 1 aliphatic rings. The summed E-state index contributed by atoms with van der Waals surface area (Å²) in [6.45, 7) is 2.16. The van der Waals surface area contributed by atoms with Crippen LogP contribution in [0.5, 0.6) is 0 Å². The van der Waals surface area contributed by atoms with Crippen molar-refractivity contribution in [3.8, 4) is 11.1 Å². The highest BCUT2D eigenvalue weighted by molar-refractivity contribution is 5.79. The maximum atomic E-state index is 12.7. The molecule has 0 heterocycles. The first-order chi connectivity index (χ1) is 16.2. The molecule has 5 rings (SSSR count). The van der Waals surface area contributed by atoms with Crippen molar-refractivity contribution in [2.45, 2.75) is 18.4 Å². The van der Waals surface area contributed by atoms with Gasteiger partial charge >= 0.3 is 6.09 Å². The number of fused-ring (bicyclic) bond motifs is 3. The fourth-order valence-corrected chi connectivity index (χ4v) is 4.57. The summed E-state index contributed by atoms with van der Waals surface area (Å²) in [6, 6.07) is 36.2. The molecule has 0 radical (unpaired) electrons. The number of carbonyl (C=O) groups excluding carboxylic acids is 1. The van der Waals surface area contributed by atoms with Gasteiger partial charge in [-0.2, -0.15) is 5.48 Å². The summed E-state index contributed by atoms with van der Waals surface area (Å²) in [5.74, 6) is -0.00206. The second kappa shape index (κ2) is 8.93. The Kier molecular flexibility index (Phi) is 5.68. The van der Waals surface area contributed by atoms with Crippen molar-refractivity contribution in [3.63, 3.8) is 0 Å². The molecular weight excluding hydrogens is 410 g/mol. The lowest BCUT2D eigenvalue weighted by Crippen LogP contribution is -2.37. The predicted molar refractivity (Wildman–Crippen MR) is 129 cm³/mol. The van der Waals surface area contributed by atoms with Crippen molar-refractivity contribution >= 4 is 6.09 Å². The third kappa shape index (κ3) is 4.01. The van der Waals surface area contributed by atoms with Crippen molar-refractivity contribution < 1.29 is 14.4 Å². The first kappa shape index (κ1) is 21.0. The molecule has 4 nitrogen and oxygen atoms in total. The molecule has 164 valence electrons. The fraction of sp³-hybridized carbons (Fsp3) is 0.138. The number of amides is 1. The topological polar surface area (TPSA) is 47.6 Å². The third-order valence-electron chi connectivity index (χ3n) is 6.33. The van der Waals surface area contributed by atoms with Crippen LogP contribution in [0.15, 0.2) is 109 Å². The van der Waals surface area contributed by atoms with Gasteiger partial charge in [0.05, 0.1) is 0 Å². The van der Waals surface area contributed by atoms with E-state index in [1.807, 2.05) is 91.9 Å². The van der Waals surface area contributed by atoms with Gasteiger partial charge in [-0.25, -0.2) is 4.79 Å². The van der Waals surface area contributed by atoms with Crippen LogP contribution in [-0.4, -0.2) is 12.7 Å². The molecule has 4 heteroatoms. The van der Waals surface area contributed by atoms with Gasteiger partial charge in [-0.15, -0.1) is 0 Å². The minimum absolute atomic E-state index is 0.00206. The SMILES string of the molecule is CC(ONC(=O)OCC1c2ccccc2-c2ccccc21)(c1ccccc1)c1ccccc1. The summed E-state index contributed by atoms with van der Waals surface area (Å²) in [6.07, 6.45) is -0.616. The van der Waals surface area contributed by atoms with E-state index in [0.717, 1.165) is 11.1 Å². The van der Waals surface area contributed by atoms with E-state index in [1.165, 1.54) is 22.3 Å². The van der Waals surface area contributed by atoms with Crippen LogP contribution >= 0.6 is 0 Å². The Labute approximate surface area is 193 Å². The molecule has 1 amide bonds. The van der Waals surface area contributed by atoms with E-state index in [9.17, 15) is 4.79 Å². The van der Waals surface area contributed by atoms with Gasteiger partial charge in [-0.05, 0) is 40.3 Å². The van der Waals surface area contributed by atoms with Crippen LogP contribution in [0.2, 0.25) is 0 Å². The molecule has 0 saturated heterocycles. The van der Waals surface area contributed by atoms with E-state index >= 15 is 0 Å². The van der Waals surface area contributed by atoms with Gasteiger partial charge in [0, 0.05) is 5.92 Å². The summed E-state index contributed by atoms with van der Waals surface area (Å²) in [4.78, 5) is 18.7. The number of rotatable bonds is 6. The van der Waals surface area contributed by atoms with Gasteiger partial charge in [0.15, 0.2) is 0 Å². The lowest BCUT2D eigenvalue weighted by atomic mass is 9.88. The van der Waals surface area contributed by atoms with E-state index in [4.69, 9.17) is 9.57 Å². The van der Waals surface area contributed by atoms with E-state index in [0.29, 0.717) is 0 Å². The summed E-state index contributed by atoms with van der Waals surface area (Å²) in [7, 11) is 0. The van der Waals surface area contributed by atoms with Crippen molar-refractivity contribution in [1.82, 2.24) is 5.48 Å². The number of hydrogen-bond acceptors (Lipinski definition) is 3. The number of hydroxylamine groups is 1. The molecular formula is C29H25NO3. The standard InChI is InChI=1S/C29H25NO3/c1-29(21-12-4-2-5-13-21,22-14-6-3-7-15-22)33-30-28(31)32-20-27-25-18-10-8-16-23(25)24-17-9-11-19-26(24)27/h2-19,27H,20H2,1H3,(H,30,31). The van der Waals surface area contributed by atoms with Gasteiger partial charge in [0.1, 0.15) is 12.2 Å². The Balaban J connectivity index is 1.30. The van der Waals surface area contributed by atoms with Crippen molar-refractivity contribution in [2.75, 3.05) is 6.61 Å². The number of hydrogen-bond donors (Lipinski definition) is 1. The summed E-state index contributed by atoms with van der Waals surface area (Å²) < 4.78 is 5.63. The Hall–Kier alpha value is -3.89. The number of nitrogens with one attached hydrogen (secondary N) is 1. The summed E-state index contributed by atoms with van der Waals surface area (Å²) >= 11 is 0.